The van der Waals surface area contributed by atoms with Crippen LogP contribution in [0.1, 0.15) is 16.7 Å². The highest BCUT2D eigenvalue weighted by atomic mass is 35.5. The molecule has 1 heterocycles. The molecule has 0 saturated carbocycles. The van der Waals surface area contributed by atoms with Gasteiger partial charge in [-0.05, 0) is 35.9 Å². The summed E-state index contributed by atoms with van der Waals surface area (Å²) in [6.45, 7) is 0. The normalized spacial score (nSPS) is 15.3. The van der Waals surface area contributed by atoms with Crippen molar-refractivity contribution in [2.45, 2.75) is 0 Å². The predicted octanol–water partition coefficient (Wildman–Crippen LogP) is 4.71. The molecule has 29 heavy (non-hydrogen) atoms. The third kappa shape index (κ3) is 4.10. The summed E-state index contributed by atoms with van der Waals surface area (Å²) in [6, 6.07) is 23.3. The Balaban J connectivity index is 1.73. The first-order valence-electron chi connectivity index (χ1n) is 8.89. The number of amides is 1. The first-order chi connectivity index (χ1) is 14.1. The van der Waals surface area contributed by atoms with Crippen LogP contribution in [-0.2, 0) is 4.79 Å². The van der Waals surface area contributed by atoms with E-state index in [0.717, 1.165) is 11.1 Å². The molecule has 5 nitrogen and oxygen atoms in total. The fourth-order valence-electron chi connectivity index (χ4n) is 2.82. The Morgan fingerprint density at radius 2 is 1.62 bits per heavy atom. The summed E-state index contributed by atoms with van der Waals surface area (Å²) in [5, 5.41) is 16.1. The monoisotopic (exact) mass is 401 g/mol. The summed E-state index contributed by atoms with van der Waals surface area (Å²) in [7, 11) is 0. The maximum atomic E-state index is 13.0. The van der Waals surface area contributed by atoms with Gasteiger partial charge in [-0.3, -0.25) is 4.79 Å². The first-order valence-corrected chi connectivity index (χ1v) is 9.27. The van der Waals surface area contributed by atoms with E-state index in [9.17, 15) is 9.90 Å². The second-order valence-corrected chi connectivity index (χ2v) is 6.74. The Kier molecular flexibility index (Phi) is 5.22. The molecule has 0 unspecified atom stereocenters. The summed E-state index contributed by atoms with van der Waals surface area (Å²) < 4.78 is 0. The fourth-order valence-corrected chi connectivity index (χ4v) is 2.95. The fraction of sp³-hybridized carbons (Fsp3) is 0. The Morgan fingerprint density at radius 3 is 2.34 bits per heavy atom. The van der Waals surface area contributed by atoms with E-state index < -0.39 is 0 Å². The number of amidine groups is 1. The van der Waals surface area contributed by atoms with Gasteiger partial charge in [-0.1, -0.05) is 66.2 Å². The molecule has 1 N–H and O–H groups in total. The minimum Gasteiger partial charge on any atom is -0.507 e. The molecule has 0 bridgehead atoms. The number of aromatic hydroxyl groups is 1. The molecule has 142 valence electrons. The molecule has 3 aromatic carbocycles. The molecule has 0 aromatic heterocycles. The zero-order chi connectivity index (χ0) is 20.2. The third-order valence-corrected chi connectivity index (χ3v) is 4.54. The molecule has 1 amide bonds. The Hall–Kier alpha value is -3.70. The SMILES string of the molecule is O=C1C(=Cc2ccc(Cl)cc2)N=C(c2ccccc2)N1N=Cc1ccccc1O. The molecule has 6 heteroatoms. The smallest absolute Gasteiger partial charge is 0.298 e. The van der Waals surface area contributed by atoms with Gasteiger partial charge in [0.2, 0.25) is 0 Å². The van der Waals surface area contributed by atoms with Gasteiger partial charge in [0, 0.05) is 16.1 Å². The molecule has 0 aliphatic carbocycles. The lowest BCUT2D eigenvalue weighted by atomic mass is 10.2. The van der Waals surface area contributed by atoms with Gasteiger partial charge in [0.1, 0.15) is 11.4 Å². The number of carbonyl (C=O) groups is 1. The number of nitrogens with zero attached hydrogens (tertiary/aromatic N) is 3. The van der Waals surface area contributed by atoms with Gasteiger partial charge >= 0.3 is 0 Å². The molecular weight excluding hydrogens is 386 g/mol. The van der Waals surface area contributed by atoms with Crippen molar-refractivity contribution in [2.24, 2.45) is 10.1 Å². The van der Waals surface area contributed by atoms with Crippen LogP contribution in [0.15, 0.2) is 94.7 Å². The van der Waals surface area contributed by atoms with E-state index in [1.54, 1.807) is 42.5 Å². The number of rotatable bonds is 4. The number of halogens is 1. The van der Waals surface area contributed by atoms with E-state index in [1.165, 1.54) is 11.2 Å². The summed E-state index contributed by atoms with van der Waals surface area (Å²) in [5.41, 5.74) is 2.33. The van der Waals surface area contributed by atoms with Crippen LogP contribution in [0.4, 0.5) is 0 Å². The van der Waals surface area contributed by atoms with Gasteiger partial charge in [-0.15, -0.1) is 0 Å². The molecule has 0 radical (unpaired) electrons. The van der Waals surface area contributed by atoms with Crippen LogP contribution in [-0.4, -0.2) is 28.1 Å². The average molecular weight is 402 g/mol. The molecule has 3 aromatic rings. The van der Waals surface area contributed by atoms with Crippen molar-refractivity contribution in [1.82, 2.24) is 5.01 Å². The number of aliphatic imine (C=N–C) groups is 1. The van der Waals surface area contributed by atoms with Crippen molar-refractivity contribution in [3.05, 3.63) is 106 Å². The van der Waals surface area contributed by atoms with Crippen LogP contribution >= 0.6 is 11.6 Å². The highest BCUT2D eigenvalue weighted by molar-refractivity contribution is 6.30. The molecular formula is C23H16ClN3O2. The number of phenolic OH excluding ortho intramolecular Hbond substituents is 1. The van der Waals surface area contributed by atoms with Crippen LogP contribution in [0.25, 0.3) is 6.08 Å². The average Bonchev–Trinajstić information content (AvgIpc) is 3.05. The van der Waals surface area contributed by atoms with E-state index >= 15 is 0 Å². The lowest BCUT2D eigenvalue weighted by Crippen LogP contribution is -2.27. The molecule has 0 spiro atoms. The highest BCUT2D eigenvalue weighted by Crippen LogP contribution is 2.23. The topological polar surface area (TPSA) is 65.3 Å². The van der Waals surface area contributed by atoms with E-state index in [0.29, 0.717) is 16.4 Å². The summed E-state index contributed by atoms with van der Waals surface area (Å²) in [5.74, 6) is 0.144. The second-order valence-electron chi connectivity index (χ2n) is 6.30. The van der Waals surface area contributed by atoms with Crippen LogP contribution in [0.2, 0.25) is 5.02 Å². The van der Waals surface area contributed by atoms with E-state index in [2.05, 4.69) is 10.1 Å². The Morgan fingerprint density at radius 1 is 0.931 bits per heavy atom. The number of hydrogen-bond acceptors (Lipinski definition) is 4. The van der Waals surface area contributed by atoms with Gasteiger partial charge in [0.25, 0.3) is 5.91 Å². The van der Waals surface area contributed by atoms with Crippen LogP contribution in [0.5, 0.6) is 5.75 Å². The lowest BCUT2D eigenvalue weighted by Gasteiger charge is -2.12. The Labute approximate surface area is 172 Å². The van der Waals surface area contributed by atoms with Gasteiger partial charge in [0.05, 0.1) is 6.21 Å². The number of phenols is 1. The van der Waals surface area contributed by atoms with Gasteiger partial charge in [-0.2, -0.15) is 10.1 Å². The van der Waals surface area contributed by atoms with Crippen LogP contribution < -0.4 is 0 Å². The van der Waals surface area contributed by atoms with Crippen LogP contribution in [0, 0.1) is 0 Å². The molecule has 1 aliphatic heterocycles. The maximum Gasteiger partial charge on any atom is 0.298 e. The second kappa shape index (κ2) is 8.12. The summed E-state index contributed by atoms with van der Waals surface area (Å²) >= 11 is 5.93. The van der Waals surface area contributed by atoms with Crippen molar-refractivity contribution in [3.63, 3.8) is 0 Å². The maximum absolute atomic E-state index is 13.0. The molecule has 0 atom stereocenters. The van der Waals surface area contributed by atoms with Gasteiger partial charge < -0.3 is 5.11 Å². The van der Waals surface area contributed by atoms with E-state index in [-0.39, 0.29) is 17.4 Å². The molecule has 1 aliphatic rings. The van der Waals surface area contributed by atoms with Gasteiger partial charge in [-0.25, -0.2) is 4.99 Å². The standard InChI is InChI=1S/C23H16ClN3O2/c24-19-12-10-16(11-13-19)14-20-23(29)27(22(26-20)17-6-2-1-3-7-17)25-15-18-8-4-5-9-21(18)28/h1-15,28H. The number of hydrogen-bond donors (Lipinski definition) is 1. The van der Waals surface area contributed by atoms with E-state index in [1.807, 2.05) is 42.5 Å². The van der Waals surface area contributed by atoms with E-state index in [4.69, 9.17) is 11.6 Å². The zero-order valence-corrected chi connectivity index (χ0v) is 16.0. The summed E-state index contributed by atoms with van der Waals surface area (Å²) in [6.07, 6.45) is 3.13. The number of carbonyl (C=O) groups excluding carboxylic acids is 1. The lowest BCUT2D eigenvalue weighted by molar-refractivity contribution is -0.122. The molecule has 0 saturated heterocycles. The number of hydrazone groups is 1. The highest BCUT2D eigenvalue weighted by Gasteiger charge is 2.31. The van der Waals surface area contributed by atoms with Crippen molar-refractivity contribution in [1.29, 1.82) is 0 Å². The third-order valence-electron chi connectivity index (χ3n) is 4.29. The molecule has 0 fully saturated rings. The van der Waals surface area contributed by atoms with Crippen molar-refractivity contribution in [3.8, 4) is 5.75 Å². The number of benzene rings is 3. The zero-order valence-electron chi connectivity index (χ0n) is 15.2. The largest absolute Gasteiger partial charge is 0.507 e. The summed E-state index contributed by atoms with van der Waals surface area (Å²) in [4.78, 5) is 17.5. The predicted molar refractivity (Wildman–Crippen MR) is 115 cm³/mol. The minimum atomic E-state index is -0.356. The first kappa shape index (κ1) is 18.7. The van der Waals surface area contributed by atoms with Crippen molar-refractivity contribution in [2.75, 3.05) is 0 Å². The minimum absolute atomic E-state index is 0.0815. The quantitative estimate of drug-likeness (QED) is 0.508. The number of para-hydroxylation sites is 1. The van der Waals surface area contributed by atoms with Crippen molar-refractivity contribution >= 4 is 35.6 Å². The van der Waals surface area contributed by atoms with Gasteiger partial charge in [0.15, 0.2) is 5.84 Å². The van der Waals surface area contributed by atoms with Crippen molar-refractivity contribution < 1.29 is 9.90 Å². The molecule has 4 rings (SSSR count). The Bertz CT molecular complexity index is 1140. The van der Waals surface area contributed by atoms with Crippen LogP contribution in [0.3, 0.4) is 0 Å².